The Hall–Kier alpha value is -3.43. The molecule has 23 heavy (non-hydrogen) atoms. The predicted molar refractivity (Wildman–Crippen MR) is 73.8 cm³/mol. The Morgan fingerprint density at radius 2 is 2.13 bits per heavy atom. The van der Waals surface area contributed by atoms with E-state index in [0.717, 1.165) is 5.56 Å². The molecule has 0 aliphatic carbocycles. The van der Waals surface area contributed by atoms with Crippen molar-refractivity contribution < 1.29 is 18.9 Å². The number of aromatic nitrogens is 4. The summed E-state index contributed by atoms with van der Waals surface area (Å²) in [5, 5.41) is 18.3. The monoisotopic (exact) mass is 315 g/mol. The highest BCUT2D eigenvalue weighted by Gasteiger charge is 2.18. The minimum Gasteiger partial charge on any atom is -0.454 e. The van der Waals surface area contributed by atoms with E-state index in [4.69, 9.17) is 14.0 Å². The maximum Gasteiger partial charge on any atom is 0.389 e. The van der Waals surface area contributed by atoms with Gasteiger partial charge < -0.3 is 24.1 Å². The smallest absolute Gasteiger partial charge is 0.389 e. The average Bonchev–Trinajstić information content (AvgIpc) is 3.27. The van der Waals surface area contributed by atoms with Gasteiger partial charge in [0.15, 0.2) is 11.5 Å². The fourth-order valence-electron chi connectivity index (χ4n) is 2.15. The summed E-state index contributed by atoms with van der Waals surface area (Å²) in [7, 11) is 0. The summed E-state index contributed by atoms with van der Waals surface area (Å²) >= 11 is 0. The summed E-state index contributed by atoms with van der Waals surface area (Å²) in [5.41, 5.74) is 0.718. The van der Waals surface area contributed by atoms with E-state index < -0.39 is 4.92 Å². The van der Waals surface area contributed by atoms with Gasteiger partial charge in [0.2, 0.25) is 12.6 Å². The van der Waals surface area contributed by atoms with Crippen LogP contribution in [0.2, 0.25) is 0 Å². The van der Waals surface area contributed by atoms with Crippen LogP contribution in [0.1, 0.15) is 5.89 Å². The van der Waals surface area contributed by atoms with E-state index in [1.54, 1.807) is 18.2 Å². The largest absolute Gasteiger partial charge is 0.454 e. The Morgan fingerprint density at radius 1 is 1.26 bits per heavy atom. The van der Waals surface area contributed by atoms with Gasteiger partial charge in [-0.2, -0.15) is 9.67 Å². The molecular formula is C13H9N5O5. The van der Waals surface area contributed by atoms with Crippen LogP contribution in [0.4, 0.5) is 5.82 Å². The Kier molecular flexibility index (Phi) is 2.93. The second-order valence-corrected chi connectivity index (χ2v) is 4.71. The van der Waals surface area contributed by atoms with Gasteiger partial charge in [0.1, 0.15) is 6.54 Å². The predicted octanol–water partition coefficient (Wildman–Crippen LogP) is 1.62. The van der Waals surface area contributed by atoms with Crippen LogP contribution in [-0.4, -0.2) is 31.6 Å². The van der Waals surface area contributed by atoms with Crippen molar-refractivity contribution in [1.82, 2.24) is 19.9 Å². The van der Waals surface area contributed by atoms with Crippen LogP contribution in [0.5, 0.6) is 11.5 Å². The van der Waals surface area contributed by atoms with E-state index in [1.165, 1.54) is 16.9 Å². The molecule has 0 radical (unpaired) electrons. The van der Waals surface area contributed by atoms with Crippen LogP contribution in [0.15, 0.2) is 35.0 Å². The quantitative estimate of drug-likeness (QED) is 0.526. The number of benzene rings is 1. The van der Waals surface area contributed by atoms with Gasteiger partial charge in [0, 0.05) is 5.56 Å². The average molecular weight is 315 g/mol. The molecule has 0 amide bonds. The number of hydrogen-bond acceptors (Lipinski definition) is 8. The molecule has 0 bridgehead atoms. The summed E-state index contributed by atoms with van der Waals surface area (Å²) < 4.78 is 17.0. The van der Waals surface area contributed by atoms with Gasteiger partial charge in [-0.25, -0.2) is 0 Å². The van der Waals surface area contributed by atoms with Gasteiger partial charge in [-0.1, -0.05) is 5.16 Å². The first-order valence-corrected chi connectivity index (χ1v) is 6.59. The second kappa shape index (κ2) is 5.09. The highest BCUT2D eigenvalue weighted by molar-refractivity contribution is 5.61. The molecule has 0 fully saturated rings. The Bertz CT molecular complexity index is 887. The molecular weight excluding hydrogens is 306 g/mol. The summed E-state index contributed by atoms with van der Waals surface area (Å²) in [6.45, 7) is 0.333. The van der Waals surface area contributed by atoms with Crippen molar-refractivity contribution >= 4 is 5.82 Å². The first kappa shape index (κ1) is 13.2. The molecule has 1 aliphatic rings. The zero-order valence-electron chi connectivity index (χ0n) is 11.6. The van der Waals surface area contributed by atoms with Gasteiger partial charge in [0.25, 0.3) is 5.89 Å². The zero-order valence-corrected chi connectivity index (χ0v) is 11.6. The van der Waals surface area contributed by atoms with E-state index in [1.807, 2.05) is 0 Å². The number of nitrogens with zero attached hydrogens (tertiary/aromatic N) is 5. The lowest BCUT2D eigenvalue weighted by molar-refractivity contribution is -0.389. The van der Waals surface area contributed by atoms with Crippen LogP contribution in [-0.2, 0) is 6.54 Å². The van der Waals surface area contributed by atoms with E-state index in [9.17, 15) is 10.1 Å². The molecule has 10 heteroatoms. The standard InChI is InChI=1S/C13H9N5O5/c19-18(20)11-3-4-17(15-11)6-12-14-13(16-23-12)8-1-2-9-10(5-8)22-7-21-9/h1-5H,6-7H2. The summed E-state index contributed by atoms with van der Waals surface area (Å²) in [5.74, 6) is 1.73. The normalized spacial score (nSPS) is 12.5. The minimum atomic E-state index is -0.567. The van der Waals surface area contributed by atoms with Crippen LogP contribution in [0, 0.1) is 10.1 Å². The van der Waals surface area contributed by atoms with E-state index in [0.29, 0.717) is 17.3 Å². The van der Waals surface area contributed by atoms with Crippen molar-refractivity contribution in [2.75, 3.05) is 6.79 Å². The van der Waals surface area contributed by atoms with Gasteiger partial charge in [-0.15, -0.1) is 0 Å². The first-order valence-electron chi connectivity index (χ1n) is 6.59. The maximum atomic E-state index is 10.6. The van der Waals surface area contributed by atoms with Crippen LogP contribution >= 0.6 is 0 Å². The highest BCUT2D eigenvalue weighted by atomic mass is 16.7. The number of fused-ring (bicyclic) bond motifs is 1. The van der Waals surface area contributed by atoms with E-state index in [2.05, 4.69) is 15.2 Å². The van der Waals surface area contributed by atoms with Gasteiger partial charge in [0.05, 0.1) is 17.4 Å². The lowest BCUT2D eigenvalue weighted by Crippen LogP contribution is -2.01. The third kappa shape index (κ3) is 2.46. The fraction of sp³-hybridized carbons (Fsp3) is 0.154. The van der Waals surface area contributed by atoms with Crippen molar-refractivity contribution in [3.8, 4) is 22.9 Å². The summed E-state index contributed by atoms with van der Waals surface area (Å²) in [6.07, 6.45) is 1.47. The Labute approximate surface area is 128 Å². The molecule has 0 unspecified atom stereocenters. The molecule has 0 saturated carbocycles. The molecule has 4 rings (SSSR count). The Morgan fingerprint density at radius 3 is 2.96 bits per heavy atom. The summed E-state index contributed by atoms with van der Waals surface area (Å²) in [4.78, 5) is 14.3. The van der Waals surface area contributed by atoms with Gasteiger partial charge in [-0.05, 0) is 23.1 Å². The number of nitro groups is 1. The topological polar surface area (TPSA) is 118 Å². The van der Waals surface area contributed by atoms with Crippen molar-refractivity contribution in [2.24, 2.45) is 0 Å². The highest BCUT2D eigenvalue weighted by Crippen LogP contribution is 2.35. The van der Waals surface area contributed by atoms with Gasteiger partial charge >= 0.3 is 5.82 Å². The molecule has 0 atom stereocenters. The number of rotatable bonds is 4. The van der Waals surface area contributed by atoms with Crippen LogP contribution in [0.3, 0.4) is 0 Å². The van der Waals surface area contributed by atoms with Crippen LogP contribution < -0.4 is 9.47 Å². The molecule has 116 valence electrons. The zero-order chi connectivity index (χ0) is 15.8. The van der Waals surface area contributed by atoms with Crippen molar-refractivity contribution in [3.05, 3.63) is 46.5 Å². The fourth-order valence-corrected chi connectivity index (χ4v) is 2.15. The lowest BCUT2D eigenvalue weighted by Gasteiger charge is -1.97. The molecule has 0 spiro atoms. The first-order chi connectivity index (χ1) is 11.2. The molecule has 1 aliphatic heterocycles. The molecule has 0 saturated heterocycles. The number of ether oxygens (including phenoxy) is 2. The molecule has 2 aromatic heterocycles. The van der Waals surface area contributed by atoms with Crippen LogP contribution in [0.25, 0.3) is 11.4 Å². The maximum absolute atomic E-state index is 10.6. The van der Waals surface area contributed by atoms with Crippen molar-refractivity contribution in [1.29, 1.82) is 0 Å². The number of hydrogen-bond donors (Lipinski definition) is 0. The van der Waals surface area contributed by atoms with E-state index in [-0.39, 0.29) is 25.0 Å². The molecule has 3 aromatic rings. The van der Waals surface area contributed by atoms with Crippen molar-refractivity contribution in [3.63, 3.8) is 0 Å². The third-order valence-corrected chi connectivity index (χ3v) is 3.21. The lowest BCUT2D eigenvalue weighted by atomic mass is 10.2. The minimum absolute atomic E-state index is 0.144. The van der Waals surface area contributed by atoms with E-state index >= 15 is 0 Å². The second-order valence-electron chi connectivity index (χ2n) is 4.71. The van der Waals surface area contributed by atoms with Crippen molar-refractivity contribution in [2.45, 2.75) is 6.54 Å². The molecule has 0 N–H and O–H groups in total. The molecule has 10 nitrogen and oxygen atoms in total. The Balaban J connectivity index is 1.55. The molecule has 1 aromatic carbocycles. The van der Waals surface area contributed by atoms with Gasteiger partial charge in [-0.3, -0.25) is 0 Å². The SMILES string of the molecule is O=[N+]([O-])c1ccn(Cc2nc(-c3ccc4c(c3)OCO4)no2)n1. The summed E-state index contributed by atoms with van der Waals surface area (Å²) in [6, 6.07) is 6.62. The molecule has 3 heterocycles. The third-order valence-electron chi connectivity index (χ3n) is 3.21.